The number of nitrogens with one attached hydrogen (secondary N) is 1. The van der Waals surface area contributed by atoms with Gasteiger partial charge in [-0.2, -0.15) is 4.68 Å². The van der Waals surface area contributed by atoms with Crippen LogP contribution in [0.15, 0.2) is 41.6 Å². The Morgan fingerprint density at radius 1 is 1.19 bits per heavy atom. The van der Waals surface area contributed by atoms with E-state index in [-0.39, 0.29) is 11.4 Å². The molecule has 0 bridgehead atoms. The summed E-state index contributed by atoms with van der Waals surface area (Å²) in [6.45, 7) is 3.88. The van der Waals surface area contributed by atoms with E-state index < -0.39 is 17.5 Å². The van der Waals surface area contributed by atoms with E-state index in [2.05, 4.69) is 20.8 Å². The number of halogens is 2. The van der Waals surface area contributed by atoms with Crippen molar-refractivity contribution in [1.29, 1.82) is 0 Å². The van der Waals surface area contributed by atoms with E-state index in [9.17, 15) is 13.6 Å². The van der Waals surface area contributed by atoms with Crippen molar-refractivity contribution in [3.05, 3.63) is 59.2 Å². The molecule has 134 valence electrons. The molecule has 1 amide bonds. The molecule has 0 fully saturated rings. The van der Waals surface area contributed by atoms with Crippen LogP contribution in [0.3, 0.4) is 0 Å². The molecule has 0 aliphatic carbocycles. The fourth-order valence-corrected chi connectivity index (χ4v) is 3.14. The SMILES string of the molecule is Cc1cccc(C)c1-n1nnnc1SCC(=O)Nc1cc(F)ccc1F. The highest BCUT2D eigenvalue weighted by Crippen LogP contribution is 2.24. The molecule has 0 aliphatic rings. The first-order valence-electron chi connectivity index (χ1n) is 7.68. The number of nitrogens with zero attached hydrogens (tertiary/aromatic N) is 4. The molecule has 1 heterocycles. The fraction of sp³-hybridized carbons (Fsp3) is 0.176. The molecule has 0 spiro atoms. The molecule has 0 aliphatic heterocycles. The smallest absolute Gasteiger partial charge is 0.234 e. The average Bonchev–Trinajstić information content (AvgIpc) is 3.04. The number of para-hydroxylation sites is 1. The van der Waals surface area contributed by atoms with Crippen molar-refractivity contribution in [2.24, 2.45) is 0 Å². The molecule has 2 aromatic carbocycles. The first-order valence-corrected chi connectivity index (χ1v) is 8.67. The maximum atomic E-state index is 13.6. The number of aromatic nitrogens is 4. The summed E-state index contributed by atoms with van der Waals surface area (Å²) < 4.78 is 28.3. The molecule has 0 atom stereocenters. The zero-order valence-corrected chi connectivity index (χ0v) is 14.8. The molecule has 3 rings (SSSR count). The number of hydrogen-bond acceptors (Lipinski definition) is 5. The van der Waals surface area contributed by atoms with Gasteiger partial charge >= 0.3 is 0 Å². The minimum atomic E-state index is -0.704. The Labute approximate surface area is 152 Å². The standard InChI is InChI=1S/C17H15F2N5OS/c1-10-4-3-5-11(2)16(10)24-17(21-22-23-24)26-9-15(25)20-14-8-12(18)6-7-13(14)19/h3-8H,9H2,1-2H3,(H,20,25). The normalized spacial score (nSPS) is 10.8. The van der Waals surface area contributed by atoms with Crippen LogP contribution in [0.1, 0.15) is 11.1 Å². The molecular weight excluding hydrogens is 360 g/mol. The highest BCUT2D eigenvalue weighted by Gasteiger charge is 2.15. The lowest BCUT2D eigenvalue weighted by Crippen LogP contribution is -2.16. The van der Waals surface area contributed by atoms with Gasteiger partial charge in [-0.3, -0.25) is 4.79 Å². The molecule has 1 N–H and O–H groups in total. The van der Waals surface area contributed by atoms with Gasteiger partial charge in [-0.25, -0.2) is 8.78 Å². The molecule has 0 radical (unpaired) electrons. The predicted molar refractivity (Wildman–Crippen MR) is 94.3 cm³/mol. The number of carbonyl (C=O) groups excluding carboxylic acids is 1. The molecule has 3 aromatic rings. The molecule has 0 saturated carbocycles. The second-order valence-corrected chi connectivity index (χ2v) is 6.52. The minimum absolute atomic E-state index is 0.0543. The van der Waals surface area contributed by atoms with Gasteiger partial charge in [0.1, 0.15) is 11.6 Å². The Morgan fingerprint density at radius 3 is 2.65 bits per heavy atom. The van der Waals surface area contributed by atoms with Crippen LogP contribution >= 0.6 is 11.8 Å². The quantitative estimate of drug-likeness (QED) is 0.693. The van der Waals surface area contributed by atoms with Crippen LogP contribution < -0.4 is 5.32 Å². The van der Waals surface area contributed by atoms with Crippen LogP contribution in [0.5, 0.6) is 0 Å². The molecule has 9 heteroatoms. The van der Waals surface area contributed by atoms with Gasteiger partial charge in [0.25, 0.3) is 0 Å². The number of aryl methyl sites for hydroxylation is 2. The van der Waals surface area contributed by atoms with E-state index in [1.807, 2.05) is 32.0 Å². The summed E-state index contributed by atoms with van der Waals surface area (Å²) in [5.41, 5.74) is 2.62. The Bertz CT molecular complexity index is 940. The summed E-state index contributed by atoms with van der Waals surface area (Å²) in [6, 6.07) is 8.69. The summed E-state index contributed by atoms with van der Waals surface area (Å²) in [4.78, 5) is 12.1. The Morgan fingerprint density at radius 2 is 1.92 bits per heavy atom. The fourth-order valence-electron chi connectivity index (χ4n) is 2.46. The number of tetrazole rings is 1. The zero-order valence-electron chi connectivity index (χ0n) is 14.0. The number of hydrogen-bond donors (Lipinski definition) is 1. The highest BCUT2D eigenvalue weighted by atomic mass is 32.2. The molecule has 1 aromatic heterocycles. The van der Waals surface area contributed by atoms with E-state index in [1.165, 1.54) is 0 Å². The van der Waals surface area contributed by atoms with E-state index in [0.29, 0.717) is 5.16 Å². The van der Waals surface area contributed by atoms with E-state index >= 15 is 0 Å². The summed E-state index contributed by atoms with van der Waals surface area (Å²) >= 11 is 1.10. The van der Waals surface area contributed by atoms with Gasteiger partial charge in [0.05, 0.1) is 17.1 Å². The third-order valence-corrected chi connectivity index (χ3v) is 4.55. The van der Waals surface area contributed by atoms with Crippen molar-refractivity contribution in [2.75, 3.05) is 11.1 Å². The van der Waals surface area contributed by atoms with Crippen LogP contribution in [0.4, 0.5) is 14.5 Å². The summed E-state index contributed by atoms with van der Waals surface area (Å²) in [7, 11) is 0. The number of rotatable bonds is 5. The highest BCUT2D eigenvalue weighted by molar-refractivity contribution is 7.99. The van der Waals surface area contributed by atoms with E-state index in [0.717, 1.165) is 46.8 Å². The molecule has 0 unspecified atom stereocenters. The largest absolute Gasteiger partial charge is 0.323 e. The van der Waals surface area contributed by atoms with Crippen LogP contribution in [0.2, 0.25) is 0 Å². The maximum Gasteiger partial charge on any atom is 0.234 e. The lowest BCUT2D eigenvalue weighted by molar-refractivity contribution is -0.113. The van der Waals surface area contributed by atoms with E-state index in [1.54, 1.807) is 4.68 Å². The van der Waals surface area contributed by atoms with Crippen molar-refractivity contribution >= 4 is 23.4 Å². The topological polar surface area (TPSA) is 72.7 Å². The maximum absolute atomic E-state index is 13.6. The minimum Gasteiger partial charge on any atom is -0.323 e. The van der Waals surface area contributed by atoms with Gasteiger partial charge < -0.3 is 5.32 Å². The van der Waals surface area contributed by atoms with Crippen LogP contribution in [0, 0.1) is 25.5 Å². The van der Waals surface area contributed by atoms with Crippen LogP contribution in [-0.2, 0) is 4.79 Å². The Hall–Kier alpha value is -2.81. The number of thioether (sulfide) groups is 1. The Balaban J connectivity index is 1.72. The predicted octanol–water partition coefficient (Wildman–Crippen LogP) is 3.29. The molecular formula is C17H15F2N5OS. The zero-order chi connectivity index (χ0) is 18.7. The van der Waals surface area contributed by atoms with Gasteiger partial charge in [0.2, 0.25) is 11.1 Å². The second kappa shape index (κ2) is 7.61. The van der Waals surface area contributed by atoms with Gasteiger partial charge in [-0.05, 0) is 47.5 Å². The van der Waals surface area contributed by atoms with Gasteiger partial charge in [-0.15, -0.1) is 5.10 Å². The number of anilines is 1. The molecule has 0 saturated heterocycles. The van der Waals surface area contributed by atoms with Gasteiger partial charge in [0, 0.05) is 6.07 Å². The summed E-state index contributed by atoms with van der Waals surface area (Å²) in [5.74, 6) is -1.88. The monoisotopic (exact) mass is 375 g/mol. The van der Waals surface area contributed by atoms with Crippen molar-refractivity contribution < 1.29 is 13.6 Å². The van der Waals surface area contributed by atoms with Gasteiger partial charge in [0.15, 0.2) is 0 Å². The average molecular weight is 375 g/mol. The number of carbonyl (C=O) groups is 1. The van der Waals surface area contributed by atoms with Crippen LogP contribution in [-0.4, -0.2) is 31.9 Å². The van der Waals surface area contributed by atoms with Crippen molar-refractivity contribution in [3.63, 3.8) is 0 Å². The first-order chi connectivity index (χ1) is 12.5. The lowest BCUT2D eigenvalue weighted by atomic mass is 10.1. The van der Waals surface area contributed by atoms with Crippen molar-refractivity contribution in [2.45, 2.75) is 19.0 Å². The van der Waals surface area contributed by atoms with Crippen LogP contribution in [0.25, 0.3) is 5.69 Å². The van der Waals surface area contributed by atoms with E-state index in [4.69, 9.17) is 0 Å². The first kappa shape index (κ1) is 18.0. The van der Waals surface area contributed by atoms with Crippen molar-refractivity contribution in [1.82, 2.24) is 20.2 Å². The number of amides is 1. The van der Waals surface area contributed by atoms with Crippen molar-refractivity contribution in [3.8, 4) is 5.69 Å². The number of benzene rings is 2. The summed E-state index contributed by atoms with van der Waals surface area (Å²) in [6.07, 6.45) is 0. The summed E-state index contributed by atoms with van der Waals surface area (Å²) in [5, 5.41) is 14.4. The van der Waals surface area contributed by atoms with Gasteiger partial charge in [-0.1, -0.05) is 30.0 Å². The molecule has 6 nitrogen and oxygen atoms in total. The third kappa shape index (κ3) is 3.88. The second-order valence-electron chi connectivity index (χ2n) is 5.57. The Kier molecular flexibility index (Phi) is 5.27. The third-order valence-electron chi connectivity index (χ3n) is 3.63. The molecule has 26 heavy (non-hydrogen) atoms. The lowest BCUT2D eigenvalue weighted by Gasteiger charge is -2.10.